The van der Waals surface area contributed by atoms with E-state index in [2.05, 4.69) is 20.2 Å². The fraction of sp³-hybridized carbons (Fsp3) is 0.333. The average molecular weight is 425 g/mol. The molecule has 1 saturated heterocycles. The Morgan fingerprint density at radius 1 is 1.03 bits per heavy atom. The number of hydrogen-bond donors (Lipinski definition) is 0. The Morgan fingerprint density at radius 2 is 1.83 bits per heavy atom. The molecule has 0 N–H and O–H groups in total. The fourth-order valence-electron chi connectivity index (χ4n) is 3.83. The van der Waals surface area contributed by atoms with Crippen molar-refractivity contribution in [2.75, 3.05) is 32.8 Å². The summed E-state index contributed by atoms with van der Waals surface area (Å²) in [4.78, 5) is 15.3. The zero-order chi connectivity index (χ0) is 20.5. The first-order chi connectivity index (χ1) is 14.7. The summed E-state index contributed by atoms with van der Waals surface area (Å²) in [7, 11) is 0. The Morgan fingerprint density at radius 3 is 2.63 bits per heavy atom. The molecule has 1 fully saturated rings. The molecule has 1 aromatic carbocycles. The smallest absolute Gasteiger partial charge is 0.280 e. The van der Waals surface area contributed by atoms with Crippen LogP contribution < -0.4 is 5.56 Å². The summed E-state index contributed by atoms with van der Waals surface area (Å²) >= 11 is 5.99. The third-order valence-electron chi connectivity index (χ3n) is 5.47. The van der Waals surface area contributed by atoms with Crippen LogP contribution in [-0.2, 0) is 11.3 Å². The molecule has 5 rings (SSSR count). The minimum atomic E-state index is -0.146. The first-order valence-electron chi connectivity index (χ1n) is 10.0. The van der Waals surface area contributed by atoms with Crippen LogP contribution in [0.5, 0.6) is 0 Å². The van der Waals surface area contributed by atoms with Crippen molar-refractivity contribution >= 4 is 28.3 Å². The molecule has 30 heavy (non-hydrogen) atoms. The van der Waals surface area contributed by atoms with Crippen LogP contribution in [0.3, 0.4) is 0 Å². The fourth-order valence-corrected chi connectivity index (χ4v) is 3.95. The molecule has 4 aromatic rings. The second-order valence-electron chi connectivity index (χ2n) is 7.36. The number of halogens is 1. The third kappa shape index (κ3) is 3.58. The highest BCUT2D eigenvalue weighted by Gasteiger charge is 2.15. The maximum absolute atomic E-state index is 12.9. The first-order valence-corrected chi connectivity index (χ1v) is 10.4. The van der Waals surface area contributed by atoms with Crippen LogP contribution >= 0.6 is 11.6 Å². The molecule has 1 aliphatic rings. The molecular formula is C21H21ClN6O2. The summed E-state index contributed by atoms with van der Waals surface area (Å²) in [5.41, 5.74) is 3.22. The molecule has 0 aliphatic carbocycles. The van der Waals surface area contributed by atoms with Gasteiger partial charge in [0.05, 0.1) is 19.4 Å². The zero-order valence-electron chi connectivity index (χ0n) is 16.4. The largest absolute Gasteiger partial charge is 0.379 e. The van der Waals surface area contributed by atoms with Gasteiger partial charge in [-0.2, -0.15) is 5.10 Å². The second-order valence-corrected chi connectivity index (χ2v) is 7.79. The van der Waals surface area contributed by atoms with E-state index >= 15 is 0 Å². The molecule has 0 amide bonds. The van der Waals surface area contributed by atoms with Crippen LogP contribution in [0.4, 0.5) is 0 Å². The monoisotopic (exact) mass is 424 g/mol. The van der Waals surface area contributed by atoms with Crippen LogP contribution in [0.15, 0.2) is 47.5 Å². The first kappa shape index (κ1) is 19.2. The van der Waals surface area contributed by atoms with E-state index in [4.69, 9.17) is 16.3 Å². The molecule has 0 bridgehead atoms. The van der Waals surface area contributed by atoms with E-state index in [-0.39, 0.29) is 5.56 Å². The lowest BCUT2D eigenvalue weighted by Gasteiger charge is -2.26. The summed E-state index contributed by atoms with van der Waals surface area (Å²) < 4.78 is 8.75. The van der Waals surface area contributed by atoms with Crippen LogP contribution in [-0.4, -0.2) is 62.1 Å². The van der Waals surface area contributed by atoms with E-state index in [9.17, 15) is 4.79 Å². The van der Waals surface area contributed by atoms with Gasteiger partial charge in [-0.25, -0.2) is 4.52 Å². The Labute approximate surface area is 177 Å². The minimum absolute atomic E-state index is 0.146. The number of benzene rings is 1. The van der Waals surface area contributed by atoms with Crippen molar-refractivity contribution in [3.8, 4) is 11.1 Å². The molecule has 0 atom stereocenters. The topological polar surface area (TPSA) is 77.6 Å². The molecule has 9 heteroatoms. The van der Waals surface area contributed by atoms with Crippen LogP contribution in [0.25, 0.3) is 27.8 Å². The van der Waals surface area contributed by atoms with E-state index in [1.807, 2.05) is 36.5 Å². The summed E-state index contributed by atoms with van der Waals surface area (Å²) in [5.74, 6) is 0. The lowest BCUT2D eigenvalue weighted by molar-refractivity contribution is 0.0369. The van der Waals surface area contributed by atoms with Crippen molar-refractivity contribution in [2.45, 2.75) is 13.0 Å². The second kappa shape index (κ2) is 8.14. The molecule has 3 aromatic heterocycles. The summed E-state index contributed by atoms with van der Waals surface area (Å²) in [5, 5.41) is 13.7. The summed E-state index contributed by atoms with van der Waals surface area (Å²) in [6, 6.07) is 9.36. The van der Waals surface area contributed by atoms with E-state index in [1.165, 1.54) is 0 Å². The van der Waals surface area contributed by atoms with E-state index < -0.39 is 0 Å². The Bertz CT molecular complexity index is 1240. The molecule has 154 valence electrons. The third-order valence-corrected chi connectivity index (χ3v) is 5.72. The predicted octanol–water partition coefficient (Wildman–Crippen LogP) is 2.48. The van der Waals surface area contributed by atoms with Crippen LogP contribution in [0.2, 0.25) is 5.02 Å². The van der Waals surface area contributed by atoms with Gasteiger partial charge in [0.15, 0.2) is 11.2 Å². The molecule has 4 heterocycles. The number of fused-ring (bicyclic) bond motifs is 3. The average Bonchev–Trinajstić information content (AvgIpc) is 3.21. The maximum Gasteiger partial charge on any atom is 0.280 e. The van der Waals surface area contributed by atoms with Gasteiger partial charge in [0, 0.05) is 43.0 Å². The Balaban J connectivity index is 1.43. The van der Waals surface area contributed by atoms with Gasteiger partial charge >= 0.3 is 0 Å². The number of hydrogen-bond acceptors (Lipinski definition) is 6. The number of aryl methyl sites for hydroxylation is 1. The van der Waals surface area contributed by atoms with Gasteiger partial charge in [-0.3, -0.25) is 9.69 Å². The van der Waals surface area contributed by atoms with E-state index in [0.717, 1.165) is 50.4 Å². The summed E-state index contributed by atoms with van der Waals surface area (Å²) in [6.07, 6.45) is 4.44. The van der Waals surface area contributed by atoms with Crippen molar-refractivity contribution in [1.29, 1.82) is 0 Å². The normalized spacial score (nSPS) is 15.2. The molecule has 0 radical (unpaired) electrons. The highest BCUT2D eigenvalue weighted by Crippen LogP contribution is 2.25. The molecule has 0 spiro atoms. The molecule has 0 saturated carbocycles. The van der Waals surface area contributed by atoms with Crippen molar-refractivity contribution in [1.82, 2.24) is 29.3 Å². The van der Waals surface area contributed by atoms with Crippen molar-refractivity contribution in [3.63, 3.8) is 0 Å². The Kier molecular flexibility index (Phi) is 5.20. The number of ether oxygens (including phenoxy) is 1. The van der Waals surface area contributed by atoms with E-state index in [1.54, 1.807) is 15.3 Å². The number of rotatable bonds is 5. The van der Waals surface area contributed by atoms with Crippen molar-refractivity contribution < 1.29 is 4.74 Å². The van der Waals surface area contributed by atoms with Gasteiger partial charge < -0.3 is 9.30 Å². The standard InChI is InChI=1S/C21H21ClN6O2/c22-16-4-2-15(3-5-16)17-14-23-28-18-6-9-27(21(29)19(18)24-25-20(17)28)8-1-7-26-10-12-30-13-11-26/h2-6,9,14H,1,7-8,10-13H2. The van der Waals surface area contributed by atoms with Gasteiger partial charge in [0.25, 0.3) is 5.56 Å². The van der Waals surface area contributed by atoms with Crippen molar-refractivity contribution in [2.24, 2.45) is 0 Å². The Hall–Kier alpha value is -2.81. The molecule has 8 nitrogen and oxygen atoms in total. The lowest BCUT2D eigenvalue weighted by atomic mass is 10.1. The highest BCUT2D eigenvalue weighted by molar-refractivity contribution is 6.30. The highest BCUT2D eigenvalue weighted by atomic mass is 35.5. The number of nitrogens with zero attached hydrogens (tertiary/aromatic N) is 6. The minimum Gasteiger partial charge on any atom is -0.379 e. The van der Waals surface area contributed by atoms with Gasteiger partial charge in [-0.15, -0.1) is 10.2 Å². The van der Waals surface area contributed by atoms with Gasteiger partial charge in [0.2, 0.25) is 0 Å². The number of pyridine rings is 1. The maximum atomic E-state index is 12.9. The van der Waals surface area contributed by atoms with Gasteiger partial charge in [-0.1, -0.05) is 23.7 Å². The zero-order valence-corrected chi connectivity index (χ0v) is 17.1. The van der Waals surface area contributed by atoms with Crippen LogP contribution in [0.1, 0.15) is 6.42 Å². The molecular weight excluding hydrogens is 404 g/mol. The lowest BCUT2D eigenvalue weighted by Crippen LogP contribution is -2.37. The quantitative estimate of drug-likeness (QED) is 0.490. The molecule has 0 unspecified atom stereocenters. The van der Waals surface area contributed by atoms with Crippen LogP contribution in [0, 0.1) is 0 Å². The van der Waals surface area contributed by atoms with Gasteiger partial charge in [-0.05, 0) is 30.2 Å². The molecule has 1 aliphatic heterocycles. The SMILES string of the molecule is O=c1c2nnc3c(-c4ccc(Cl)cc4)cnn3c2ccn1CCCN1CCOCC1. The van der Waals surface area contributed by atoms with Gasteiger partial charge in [0.1, 0.15) is 5.52 Å². The summed E-state index contributed by atoms with van der Waals surface area (Å²) in [6.45, 7) is 5.05. The van der Waals surface area contributed by atoms with Crippen molar-refractivity contribution in [3.05, 3.63) is 58.1 Å². The number of aromatic nitrogens is 5. The number of morpholine rings is 1. The van der Waals surface area contributed by atoms with E-state index in [0.29, 0.717) is 28.2 Å². The predicted molar refractivity (Wildman–Crippen MR) is 115 cm³/mol.